The van der Waals surface area contributed by atoms with Crippen molar-refractivity contribution in [3.8, 4) is 0 Å². The predicted octanol–water partition coefficient (Wildman–Crippen LogP) is 5.32. The van der Waals surface area contributed by atoms with Crippen LogP contribution < -0.4 is 0 Å². The minimum absolute atomic E-state index is 0.122. The molecule has 94 valence electrons. The average Bonchev–Trinajstić information content (AvgIpc) is 2.83. The van der Waals surface area contributed by atoms with Crippen LogP contribution in [0.25, 0.3) is 0 Å². The summed E-state index contributed by atoms with van der Waals surface area (Å²) in [7, 11) is 0. The third kappa shape index (κ3) is 3.69. The van der Waals surface area contributed by atoms with Gasteiger partial charge < -0.3 is 0 Å². The third-order valence-electron chi connectivity index (χ3n) is 3.61. The van der Waals surface area contributed by atoms with Crippen LogP contribution >= 0.6 is 27.5 Å². The molecule has 0 nitrogen and oxygen atoms in total. The Morgan fingerprint density at radius 2 is 2.06 bits per heavy atom. The largest absolute Gasteiger partial charge is 0.207 e. The Balaban J connectivity index is 1.90. The fraction of sp³-hybridized carbons (Fsp3) is 0.571. The zero-order valence-electron chi connectivity index (χ0n) is 9.76. The van der Waals surface area contributed by atoms with Crippen molar-refractivity contribution in [2.75, 3.05) is 0 Å². The minimum atomic E-state index is -0.122. The van der Waals surface area contributed by atoms with E-state index in [4.69, 9.17) is 11.6 Å². The maximum Gasteiger partial charge on any atom is 0.126 e. The molecule has 0 aliphatic heterocycles. The number of rotatable bonds is 4. The highest BCUT2D eigenvalue weighted by atomic mass is 79.9. The lowest BCUT2D eigenvalue weighted by Crippen LogP contribution is -2.12. The Bertz CT molecular complexity index is 374. The molecule has 0 saturated heterocycles. The number of benzene rings is 1. The molecule has 3 heteroatoms. The van der Waals surface area contributed by atoms with Crippen LogP contribution in [0.3, 0.4) is 0 Å². The summed E-state index contributed by atoms with van der Waals surface area (Å²) in [5.41, 5.74) is 0.767. The van der Waals surface area contributed by atoms with E-state index in [2.05, 4.69) is 15.9 Å². The van der Waals surface area contributed by atoms with Crippen molar-refractivity contribution < 1.29 is 4.39 Å². The highest BCUT2D eigenvalue weighted by Crippen LogP contribution is 2.32. The summed E-state index contributed by atoms with van der Waals surface area (Å²) in [6.45, 7) is 0. The first-order valence-corrected chi connectivity index (χ1v) is 7.48. The lowest BCUT2D eigenvalue weighted by Gasteiger charge is -2.16. The van der Waals surface area contributed by atoms with Gasteiger partial charge in [-0.25, -0.2) is 4.39 Å². The van der Waals surface area contributed by atoms with Crippen molar-refractivity contribution in [3.05, 3.63) is 34.1 Å². The monoisotopic (exact) mass is 318 g/mol. The highest BCUT2D eigenvalue weighted by Gasteiger charge is 2.23. The maximum atomic E-state index is 13.5. The van der Waals surface area contributed by atoms with Crippen LogP contribution in [0, 0.1) is 11.7 Å². The fourth-order valence-electron chi connectivity index (χ4n) is 2.58. The second kappa shape index (κ2) is 6.19. The Labute approximate surface area is 116 Å². The van der Waals surface area contributed by atoms with Gasteiger partial charge in [0.1, 0.15) is 5.82 Å². The molecule has 1 unspecified atom stereocenters. The van der Waals surface area contributed by atoms with Crippen molar-refractivity contribution in [1.82, 2.24) is 0 Å². The van der Waals surface area contributed by atoms with Gasteiger partial charge in [0.25, 0.3) is 0 Å². The molecule has 0 heterocycles. The molecule has 0 amide bonds. The molecular weight excluding hydrogens is 303 g/mol. The van der Waals surface area contributed by atoms with E-state index in [0.717, 1.165) is 22.9 Å². The topological polar surface area (TPSA) is 0 Å². The second-order valence-corrected chi connectivity index (χ2v) is 6.31. The van der Waals surface area contributed by atoms with Crippen molar-refractivity contribution in [2.24, 2.45) is 5.92 Å². The van der Waals surface area contributed by atoms with Gasteiger partial charge in [-0.15, -0.1) is 11.6 Å². The molecule has 17 heavy (non-hydrogen) atoms. The molecule has 1 aliphatic rings. The summed E-state index contributed by atoms with van der Waals surface area (Å²) in [5.74, 6) is 0.523. The minimum Gasteiger partial charge on any atom is -0.207 e. The lowest BCUT2D eigenvalue weighted by molar-refractivity contribution is 0.488. The number of hydrogen-bond donors (Lipinski definition) is 0. The Kier molecular flexibility index (Phi) is 4.87. The molecule has 1 atom stereocenters. The van der Waals surface area contributed by atoms with Crippen LogP contribution in [-0.2, 0) is 6.42 Å². The summed E-state index contributed by atoms with van der Waals surface area (Å²) >= 11 is 9.76. The van der Waals surface area contributed by atoms with E-state index in [1.54, 1.807) is 6.07 Å². The predicted molar refractivity (Wildman–Crippen MR) is 74.0 cm³/mol. The Morgan fingerprint density at radius 1 is 1.35 bits per heavy atom. The van der Waals surface area contributed by atoms with E-state index in [0.29, 0.717) is 5.92 Å². The fourth-order valence-corrected chi connectivity index (χ4v) is 3.35. The van der Waals surface area contributed by atoms with Gasteiger partial charge in [0, 0.05) is 9.85 Å². The molecule has 1 aliphatic carbocycles. The standard InChI is InChI=1S/C14H17BrClF/c15-12-6-8-14(17)11(9-12)5-7-13(16)10-3-1-2-4-10/h6,8-10,13H,1-5,7H2. The number of hydrogen-bond acceptors (Lipinski definition) is 0. The summed E-state index contributed by atoms with van der Waals surface area (Å²) in [5, 5.41) is 0.205. The quantitative estimate of drug-likeness (QED) is 0.659. The van der Waals surface area contributed by atoms with Gasteiger partial charge in [-0.2, -0.15) is 0 Å². The van der Waals surface area contributed by atoms with Gasteiger partial charge in [0.15, 0.2) is 0 Å². The molecule has 0 radical (unpaired) electrons. The van der Waals surface area contributed by atoms with E-state index in [1.165, 1.54) is 31.7 Å². The van der Waals surface area contributed by atoms with Crippen LogP contribution in [0.4, 0.5) is 4.39 Å². The molecule has 0 bridgehead atoms. The SMILES string of the molecule is Fc1ccc(Br)cc1CCC(Cl)C1CCCC1. The number of halogens is 3. The summed E-state index contributed by atoms with van der Waals surface area (Å²) in [6.07, 6.45) is 6.71. The van der Waals surface area contributed by atoms with Crippen LogP contribution in [0.5, 0.6) is 0 Å². The first kappa shape index (κ1) is 13.4. The normalized spacial score (nSPS) is 18.5. The van der Waals surface area contributed by atoms with E-state index in [9.17, 15) is 4.39 Å². The lowest BCUT2D eigenvalue weighted by atomic mass is 9.97. The molecule has 0 spiro atoms. The van der Waals surface area contributed by atoms with Gasteiger partial charge >= 0.3 is 0 Å². The smallest absolute Gasteiger partial charge is 0.126 e. The van der Waals surface area contributed by atoms with Crippen LogP contribution in [0.2, 0.25) is 0 Å². The van der Waals surface area contributed by atoms with Crippen molar-refractivity contribution in [1.29, 1.82) is 0 Å². The van der Waals surface area contributed by atoms with Gasteiger partial charge in [-0.3, -0.25) is 0 Å². The van der Waals surface area contributed by atoms with Crippen LogP contribution in [-0.4, -0.2) is 5.38 Å². The Hall–Kier alpha value is -0.0800. The molecule has 0 aromatic heterocycles. The van der Waals surface area contributed by atoms with Crippen LogP contribution in [0.15, 0.2) is 22.7 Å². The van der Waals surface area contributed by atoms with Crippen molar-refractivity contribution in [2.45, 2.75) is 43.9 Å². The first-order chi connectivity index (χ1) is 8.16. The van der Waals surface area contributed by atoms with E-state index in [-0.39, 0.29) is 11.2 Å². The van der Waals surface area contributed by atoms with Gasteiger partial charge in [-0.05, 0) is 55.4 Å². The maximum absolute atomic E-state index is 13.5. The highest BCUT2D eigenvalue weighted by molar-refractivity contribution is 9.10. The Morgan fingerprint density at radius 3 is 2.76 bits per heavy atom. The number of alkyl halides is 1. The molecule has 1 aromatic carbocycles. The number of aryl methyl sites for hydroxylation is 1. The van der Waals surface area contributed by atoms with Crippen molar-refractivity contribution >= 4 is 27.5 Å². The molecule has 0 N–H and O–H groups in total. The summed E-state index contributed by atoms with van der Waals surface area (Å²) < 4.78 is 14.5. The van der Waals surface area contributed by atoms with Gasteiger partial charge in [0.05, 0.1) is 0 Å². The summed E-state index contributed by atoms with van der Waals surface area (Å²) in [6, 6.07) is 5.10. The molecule has 1 aromatic rings. The van der Waals surface area contributed by atoms with E-state index < -0.39 is 0 Å². The van der Waals surface area contributed by atoms with E-state index >= 15 is 0 Å². The van der Waals surface area contributed by atoms with Crippen molar-refractivity contribution in [3.63, 3.8) is 0 Å². The average molecular weight is 320 g/mol. The second-order valence-electron chi connectivity index (χ2n) is 4.83. The van der Waals surface area contributed by atoms with Gasteiger partial charge in [-0.1, -0.05) is 28.8 Å². The van der Waals surface area contributed by atoms with E-state index in [1.807, 2.05) is 6.07 Å². The molecule has 2 rings (SSSR count). The summed E-state index contributed by atoms with van der Waals surface area (Å²) in [4.78, 5) is 0. The zero-order valence-corrected chi connectivity index (χ0v) is 12.1. The third-order valence-corrected chi connectivity index (χ3v) is 4.68. The first-order valence-electron chi connectivity index (χ1n) is 6.25. The molecule has 1 fully saturated rings. The van der Waals surface area contributed by atoms with Crippen LogP contribution in [0.1, 0.15) is 37.7 Å². The molecule has 1 saturated carbocycles. The van der Waals surface area contributed by atoms with Gasteiger partial charge in [0.2, 0.25) is 0 Å². The zero-order chi connectivity index (χ0) is 12.3. The molecular formula is C14H17BrClF.